The number of ether oxygens (including phenoxy) is 1. The van der Waals surface area contributed by atoms with Crippen molar-refractivity contribution in [3.8, 4) is 5.75 Å². The van der Waals surface area contributed by atoms with Gasteiger partial charge in [0.05, 0.1) is 13.7 Å². The van der Waals surface area contributed by atoms with Crippen molar-refractivity contribution in [3.63, 3.8) is 0 Å². The Labute approximate surface area is 92.2 Å². The number of benzene rings is 1. The van der Waals surface area contributed by atoms with Crippen LogP contribution in [-0.4, -0.2) is 20.1 Å². The molecule has 5 heteroatoms. The number of halogens is 3. The molecule has 0 aliphatic rings. The predicted octanol–water partition coefficient (Wildman–Crippen LogP) is 2.70. The molecule has 0 aliphatic carbocycles. The van der Waals surface area contributed by atoms with Gasteiger partial charge in [0.2, 0.25) is 0 Å². The van der Waals surface area contributed by atoms with Gasteiger partial charge >= 0.3 is 0 Å². The minimum absolute atomic E-state index is 0.314. The Bertz CT molecular complexity index is 320. The van der Waals surface area contributed by atoms with Crippen LogP contribution in [0.15, 0.2) is 18.2 Å². The van der Waals surface area contributed by atoms with E-state index in [2.05, 4.69) is 5.32 Å². The van der Waals surface area contributed by atoms with Gasteiger partial charge in [-0.3, -0.25) is 0 Å². The molecule has 0 aromatic heterocycles. The average Bonchev–Trinajstić information content (AvgIpc) is 2.17. The van der Waals surface area contributed by atoms with Gasteiger partial charge in [-0.05, 0) is 18.2 Å². The fourth-order valence-corrected chi connectivity index (χ4v) is 1.40. The Hall–Kier alpha value is -0.870. The van der Waals surface area contributed by atoms with E-state index in [4.69, 9.17) is 16.3 Å². The highest BCUT2D eigenvalue weighted by molar-refractivity contribution is 6.30. The minimum atomic E-state index is -2.35. The molecule has 84 valence electrons. The van der Waals surface area contributed by atoms with Crippen LogP contribution in [0.5, 0.6) is 5.75 Å². The number of alkyl halides is 2. The maximum absolute atomic E-state index is 11.9. The lowest BCUT2D eigenvalue weighted by atomic mass is 10.2. The highest BCUT2D eigenvalue weighted by Gasteiger charge is 2.05. The Kier molecular flexibility index (Phi) is 4.78. The monoisotopic (exact) mass is 235 g/mol. The van der Waals surface area contributed by atoms with E-state index in [9.17, 15) is 8.78 Å². The summed E-state index contributed by atoms with van der Waals surface area (Å²) in [5.41, 5.74) is 0.769. The molecule has 0 amide bonds. The number of hydrogen-bond acceptors (Lipinski definition) is 2. The lowest BCUT2D eigenvalue weighted by Gasteiger charge is -2.09. The lowest BCUT2D eigenvalue weighted by molar-refractivity contribution is 0.145. The van der Waals surface area contributed by atoms with Gasteiger partial charge in [-0.1, -0.05) is 11.6 Å². The van der Waals surface area contributed by atoms with Gasteiger partial charge in [-0.2, -0.15) is 0 Å². The molecule has 0 fully saturated rings. The molecule has 1 rings (SSSR count). The first-order valence-electron chi connectivity index (χ1n) is 4.44. The Morgan fingerprint density at radius 3 is 2.80 bits per heavy atom. The first-order valence-corrected chi connectivity index (χ1v) is 4.82. The number of methoxy groups -OCH3 is 1. The second-order valence-corrected chi connectivity index (χ2v) is 3.41. The molecular weight excluding hydrogens is 224 g/mol. The number of rotatable bonds is 5. The first-order chi connectivity index (χ1) is 7.13. The van der Waals surface area contributed by atoms with E-state index < -0.39 is 6.43 Å². The van der Waals surface area contributed by atoms with Crippen molar-refractivity contribution in [1.82, 2.24) is 5.32 Å². The summed E-state index contributed by atoms with van der Waals surface area (Å²) in [5, 5.41) is 3.17. The van der Waals surface area contributed by atoms with Crippen LogP contribution in [0, 0.1) is 0 Å². The molecule has 15 heavy (non-hydrogen) atoms. The van der Waals surface area contributed by atoms with Crippen LogP contribution in [0.25, 0.3) is 0 Å². The third kappa shape index (κ3) is 4.01. The first kappa shape index (κ1) is 12.2. The molecule has 0 radical (unpaired) electrons. The van der Waals surface area contributed by atoms with E-state index in [1.165, 1.54) is 7.11 Å². The third-order valence-corrected chi connectivity index (χ3v) is 2.09. The second kappa shape index (κ2) is 5.88. The molecule has 0 atom stereocenters. The van der Waals surface area contributed by atoms with Crippen molar-refractivity contribution < 1.29 is 13.5 Å². The van der Waals surface area contributed by atoms with Crippen LogP contribution >= 0.6 is 11.6 Å². The molecule has 2 nitrogen and oxygen atoms in total. The quantitative estimate of drug-likeness (QED) is 0.847. The molecule has 1 aromatic carbocycles. The van der Waals surface area contributed by atoms with Crippen LogP contribution in [0.2, 0.25) is 5.02 Å². The van der Waals surface area contributed by atoms with E-state index in [1.807, 2.05) is 0 Å². The zero-order chi connectivity index (χ0) is 11.3. The number of nitrogens with one attached hydrogen (secondary N) is 1. The number of hydrogen-bond donors (Lipinski definition) is 1. The van der Waals surface area contributed by atoms with Crippen molar-refractivity contribution in [3.05, 3.63) is 28.8 Å². The van der Waals surface area contributed by atoms with Crippen molar-refractivity contribution in [1.29, 1.82) is 0 Å². The van der Waals surface area contributed by atoms with Crippen molar-refractivity contribution in [2.45, 2.75) is 13.0 Å². The average molecular weight is 236 g/mol. The van der Waals surface area contributed by atoms with E-state index >= 15 is 0 Å². The summed E-state index contributed by atoms with van der Waals surface area (Å²) in [6, 6.07) is 5.09. The fourth-order valence-electron chi connectivity index (χ4n) is 1.20. The van der Waals surface area contributed by atoms with E-state index in [0.717, 1.165) is 5.56 Å². The Balaban J connectivity index is 2.62. The van der Waals surface area contributed by atoms with Gasteiger partial charge in [0.1, 0.15) is 5.75 Å². The molecule has 0 spiro atoms. The summed E-state index contributed by atoms with van der Waals surface area (Å²) in [5.74, 6) is 0.640. The van der Waals surface area contributed by atoms with Crippen molar-refractivity contribution in [2.75, 3.05) is 13.7 Å². The maximum atomic E-state index is 11.9. The molecule has 1 aromatic rings. The summed E-state index contributed by atoms with van der Waals surface area (Å²) < 4.78 is 28.8. The molecule has 0 heterocycles. The molecule has 0 unspecified atom stereocenters. The predicted molar refractivity (Wildman–Crippen MR) is 55.7 cm³/mol. The molecule has 0 aliphatic heterocycles. The van der Waals surface area contributed by atoms with E-state index in [1.54, 1.807) is 18.2 Å². The second-order valence-electron chi connectivity index (χ2n) is 2.98. The highest BCUT2D eigenvalue weighted by atomic mass is 35.5. The maximum Gasteiger partial charge on any atom is 0.250 e. The third-order valence-electron chi connectivity index (χ3n) is 1.86. The minimum Gasteiger partial charge on any atom is -0.496 e. The van der Waals surface area contributed by atoms with Crippen LogP contribution in [-0.2, 0) is 6.54 Å². The lowest BCUT2D eigenvalue weighted by Crippen LogP contribution is -2.20. The summed E-state index contributed by atoms with van der Waals surface area (Å²) >= 11 is 5.78. The summed E-state index contributed by atoms with van der Waals surface area (Å²) in [6.45, 7) is -0.0241. The zero-order valence-corrected chi connectivity index (χ0v) is 9.02. The molecule has 0 saturated heterocycles. The zero-order valence-electron chi connectivity index (χ0n) is 8.27. The van der Waals surface area contributed by atoms with Gasteiger partial charge in [-0.25, -0.2) is 8.78 Å². The van der Waals surface area contributed by atoms with Gasteiger partial charge in [-0.15, -0.1) is 0 Å². The van der Waals surface area contributed by atoms with Gasteiger partial charge in [0.15, 0.2) is 0 Å². The topological polar surface area (TPSA) is 21.3 Å². The van der Waals surface area contributed by atoms with Gasteiger partial charge in [0.25, 0.3) is 6.43 Å². The van der Waals surface area contributed by atoms with Crippen LogP contribution < -0.4 is 10.1 Å². The highest BCUT2D eigenvalue weighted by Crippen LogP contribution is 2.22. The summed E-state index contributed by atoms with van der Waals surface area (Å²) in [7, 11) is 1.53. The molecule has 0 saturated carbocycles. The SMILES string of the molecule is COc1ccc(Cl)cc1CNCC(F)F. The van der Waals surface area contributed by atoms with Gasteiger partial charge < -0.3 is 10.1 Å². The van der Waals surface area contributed by atoms with Gasteiger partial charge in [0, 0.05) is 17.1 Å². The smallest absolute Gasteiger partial charge is 0.250 e. The van der Waals surface area contributed by atoms with Crippen LogP contribution in [0.1, 0.15) is 5.56 Å². The van der Waals surface area contributed by atoms with Crippen molar-refractivity contribution >= 4 is 11.6 Å². The summed E-state index contributed by atoms with van der Waals surface area (Å²) in [6.07, 6.45) is -2.35. The van der Waals surface area contributed by atoms with Crippen LogP contribution in [0.3, 0.4) is 0 Å². The standard InChI is InChI=1S/C10H12ClF2NO/c1-15-9-3-2-8(11)4-7(9)5-14-6-10(12)13/h2-4,10,14H,5-6H2,1H3. The van der Waals surface area contributed by atoms with Crippen molar-refractivity contribution in [2.24, 2.45) is 0 Å². The van der Waals surface area contributed by atoms with E-state index in [-0.39, 0.29) is 6.54 Å². The van der Waals surface area contributed by atoms with E-state index in [0.29, 0.717) is 17.3 Å². The summed E-state index contributed by atoms with van der Waals surface area (Å²) in [4.78, 5) is 0. The normalized spacial score (nSPS) is 10.7. The molecule has 1 N–H and O–H groups in total. The Morgan fingerprint density at radius 1 is 1.47 bits per heavy atom. The molecule has 0 bridgehead atoms. The fraction of sp³-hybridized carbons (Fsp3) is 0.400. The largest absolute Gasteiger partial charge is 0.496 e. The van der Waals surface area contributed by atoms with Crippen LogP contribution in [0.4, 0.5) is 8.78 Å². The molecular formula is C10H12ClF2NO. The Morgan fingerprint density at radius 2 is 2.20 bits per heavy atom.